The lowest BCUT2D eigenvalue weighted by atomic mass is 9.91. The van der Waals surface area contributed by atoms with Crippen molar-refractivity contribution in [2.75, 3.05) is 0 Å². The number of rotatable bonds is 4. The van der Waals surface area contributed by atoms with Crippen LogP contribution in [0, 0.1) is 5.92 Å². The van der Waals surface area contributed by atoms with Gasteiger partial charge in [0.25, 0.3) is 5.91 Å². The van der Waals surface area contributed by atoms with E-state index in [4.69, 9.17) is 0 Å². The Kier molecular flexibility index (Phi) is 4.29. The monoisotopic (exact) mass is 235 g/mol. The highest BCUT2D eigenvalue weighted by Gasteiger charge is 2.34. The van der Waals surface area contributed by atoms with E-state index >= 15 is 0 Å². The number of hydrogen-bond donors (Lipinski definition) is 2. The van der Waals surface area contributed by atoms with Crippen molar-refractivity contribution in [2.24, 2.45) is 5.92 Å². The molecule has 2 atom stereocenters. The molecule has 1 aromatic rings. The van der Waals surface area contributed by atoms with E-state index < -0.39 is 5.60 Å². The molecule has 1 rings (SSSR count). The molecule has 0 unspecified atom stereocenters. The van der Waals surface area contributed by atoms with Crippen LogP contribution in [-0.2, 0) is 4.79 Å². The lowest BCUT2D eigenvalue weighted by Gasteiger charge is -2.28. The third kappa shape index (κ3) is 3.30. The van der Waals surface area contributed by atoms with E-state index in [-0.39, 0.29) is 17.9 Å². The van der Waals surface area contributed by atoms with Gasteiger partial charge in [-0.3, -0.25) is 4.79 Å². The van der Waals surface area contributed by atoms with Gasteiger partial charge in [0.15, 0.2) is 0 Å². The standard InChI is InChI=1S/C14H21NO2/c1-10(2)14(4,17)13(16)15-11(3)12-8-6-5-7-9-12/h5-11,17H,1-4H3,(H,15,16)/t11-,14-/m1/s1. The maximum absolute atomic E-state index is 11.9. The van der Waals surface area contributed by atoms with Gasteiger partial charge in [-0.15, -0.1) is 0 Å². The van der Waals surface area contributed by atoms with Crippen LogP contribution in [0.5, 0.6) is 0 Å². The van der Waals surface area contributed by atoms with Crippen LogP contribution in [0.25, 0.3) is 0 Å². The van der Waals surface area contributed by atoms with E-state index in [1.54, 1.807) is 6.92 Å². The molecule has 0 spiro atoms. The Hall–Kier alpha value is -1.35. The van der Waals surface area contributed by atoms with Gasteiger partial charge in [-0.25, -0.2) is 0 Å². The maximum atomic E-state index is 11.9. The summed E-state index contributed by atoms with van der Waals surface area (Å²) in [7, 11) is 0. The SMILES string of the molecule is CC(C)[C@@](C)(O)C(=O)N[C@H](C)c1ccccc1. The molecule has 0 aliphatic carbocycles. The molecule has 0 radical (unpaired) electrons. The fourth-order valence-electron chi connectivity index (χ4n) is 1.43. The molecule has 0 saturated carbocycles. The van der Waals surface area contributed by atoms with Crippen molar-refractivity contribution in [3.8, 4) is 0 Å². The number of hydrogen-bond acceptors (Lipinski definition) is 2. The molecule has 2 N–H and O–H groups in total. The van der Waals surface area contributed by atoms with E-state index in [0.717, 1.165) is 5.56 Å². The Balaban J connectivity index is 2.70. The Labute approximate surface area is 103 Å². The van der Waals surface area contributed by atoms with E-state index in [2.05, 4.69) is 5.32 Å². The molecular formula is C14H21NO2. The summed E-state index contributed by atoms with van der Waals surface area (Å²) in [5.74, 6) is -0.450. The van der Waals surface area contributed by atoms with Crippen LogP contribution < -0.4 is 5.32 Å². The molecule has 3 heteroatoms. The van der Waals surface area contributed by atoms with E-state index in [1.807, 2.05) is 51.1 Å². The summed E-state index contributed by atoms with van der Waals surface area (Å²) >= 11 is 0. The van der Waals surface area contributed by atoms with Crippen LogP contribution >= 0.6 is 0 Å². The zero-order chi connectivity index (χ0) is 13.1. The lowest BCUT2D eigenvalue weighted by Crippen LogP contribution is -2.48. The Morgan fingerprint density at radius 2 is 1.76 bits per heavy atom. The van der Waals surface area contributed by atoms with Gasteiger partial charge in [0.2, 0.25) is 0 Å². The minimum absolute atomic E-state index is 0.103. The van der Waals surface area contributed by atoms with E-state index in [0.29, 0.717) is 0 Å². The molecule has 3 nitrogen and oxygen atoms in total. The van der Waals surface area contributed by atoms with Crippen molar-refractivity contribution in [3.63, 3.8) is 0 Å². The van der Waals surface area contributed by atoms with E-state index in [9.17, 15) is 9.90 Å². The Morgan fingerprint density at radius 1 is 1.24 bits per heavy atom. The number of aliphatic hydroxyl groups is 1. The topological polar surface area (TPSA) is 49.3 Å². The molecular weight excluding hydrogens is 214 g/mol. The summed E-state index contributed by atoms with van der Waals surface area (Å²) in [5, 5.41) is 12.9. The summed E-state index contributed by atoms with van der Waals surface area (Å²) in [4.78, 5) is 11.9. The number of benzene rings is 1. The van der Waals surface area contributed by atoms with Crippen LogP contribution in [0.1, 0.15) is 39.3 Å². The molecule has 17 heavy (non-hydrogen) atoms. The predicted molar refractivity (Wildman–Crippen MR) is 68.5 cm³/mol. The normalized spacial score (nSPS) is 16.4. The molecule has 0 aromatic heterocycles. The number of carbonyl (C=O) groups is 1. The second kappa shape index (κ2) is 5.32. The molecule has 0 saturated heterocycles. The molecule has 94 valence electrons. The van der Waals surface area contributed by atoms with Crippen LogP contribution in [0.3, 0.4) is 0 Å². The second-order valence-corrected chi connectivity index (χ2v) is 4.91. The van der Waals surface area contributed by atoms with Crippen molar-refractivity contribution < 1.29 is 9.90 Å². The largest absolute Gasteiger partial charge is 0.380 e. The first-order chi connectivity index (χ1) is 7.85. The van der Waals surface area contributed by atoms with Gasteiger partial charge < -0.3 is 10.4 Å². The highest BCUT2D eigenvalue weighted by Crippen LogP contribution is 2.19. The highest BCUT2D eigenvalue weighted by atomic mass is 16.3. The summed E-state index contributed by atoms with van der Waals surface area (Å²) in [6, 6.07) is 9.60. The lowest BCUT2D eigenvalue weighted by molar-refractivity contribution is -0.143. The second-order valence-electron chi connectivity index (χ2n) is 4.91. The number of carbonyl (C=O) groups excluding carboxylic acids is 1. The summed E-state index contributed by atoms with van der Waals surface area (Å²) in [6.07, 6.45) is 0. The van der Waals surface area contributed by atoms with Crippen molar-refractivity contribution in [3.05, 3.63) is 35.9 Å². The van der Waals surface area contributed by atoms with Gasteiger partial charge in [0.05, 0.1) is 6.04 Å². The maximum Gasteiger partial charge on any atom is 0.252 e. The summed E-state index contributed by atoms with van der Waals surface area (Å²) < 4.78 is 0. The Morgan fingerprint density at radius 3 is 2.24 bits per heavy atom. The fraction of sp³-hybridized carbons (Fsp3) is 0.500. The zero-order valence-corrected chi connectivity index (χ0v) is 10.9. The smallest absolute Gasteiger partial charge is 0.252 e. The average molecular weight is 235 g/mol. The van der Waals surface area contributed by atoms with Crippen LogP contribution in [-0.4, -0.2) is 16.6 Å². The van der Waals surface area contributed by atoms with Gasteiger partial charge in [-0.05, 0) is 25.3 Å². The first-order valence-corrected chi connectivity index (χ1v) is 5.94. The van der Waals surface area contributed by atoms with Gasteiger partial charge in [-0.1, -0.05) is 44.2 Å². The van der Waals surface area contributed by atoms with Crippen molar-refractivity contribution in [2.45, 2.75) is 39.3 Å². The molecule has 0 heterocycles. The van der Waals surface area contributed by atoms with Gasteiger partial charge in [0, 0.05) is 0 Å². The summed E-state index contributed by atoms with van der Waals surface area (Å²) in [5.41, 5.74) is -0.302. The van der Waals surface area contributed by atoms with Crippen molar-refractivity contribution >= 4 is 5.91 Å². The molecule has 1 aromatic carbocycles. The number of amides is 1. The fourth-order valence-corrected chi connectivity index (χ4v) is 1.43. The molecule has 0 aliphatic heterocycles. The highest BCUT2D eigenvalue weighted by molar-refractivity contribution is 5.85. The number of nitrogens with one attached hydrogen (secondary N) is 1. The molecule has 1 amide bonds. The predicted octanol–water partition coefficient (Wildman–Crippen LogP) is 2.27. The zero-order valence-electron chi connectivity index (χ0n) is 10.9. The quantitative estimate of drug-likeness (QED) is 0.841. The molecule has 0 bridgehead atoms. The Bertz CT molecular complexity index is 371. The third-order valence-corrected chi connectivity index (χ3v) is 3.23. The molecule has 0 aliphatic rings. The summed E-state index contributed by atoms with van der Waals surface area (Å²) in [6.45, 7) is 7.11. The van der Waals surface area contributed by atoms with Gasteiger partial charge in [0.1, 0.15) is 5.60 Å². The van der Waals surface area contributed by atoms with Crippen LogP contribution in [0.15, 0.2) is 30.3 Å². The van der Waals surface area contributed by atoms with E-state index in [1.165, 1.54) is 0 Å². The van der Waals surface area contributed by atoms with Crippen molar-refractivity contribution in [1.29, 1.82) is 0 Å². The van der Waals surface area contributed by atoms with Crippen LogP contribution in [0.2, 0.25) is 0 Å². The first kappa shape index (κ1) is 13.7. The average Bonchev–Trinajstić information content (AvgIpc) is 2.29. The third-order valence-electron chi connectivity index (χ3n) is 3.23. The molecule has 0 fully saturated rings. The minimum atomic E-state index is -1.33. The van der Waals surface area contributed by atoms with Crippen LogP contribution in [0.4, 0.5) is 0 Å². The van der Waals surface area contributed by atoms with Gasteiger partial charge in [-0.2, -0.15) is 0 Å². The first-order valence-electron chi connectivity index (χ1n) is 5.94. The van der Waals surface area contributed by atoms with Gasteiger partial charge >= 0.3 is 0 Å². The van der Waals surface area contributed by atoms with Crippen molar-refractivity contribution in [1.82, 2.24) is 5.32 Å². The minimum Gasteiger partial charge on any atom is -0.380 e.